The van der Waals surface area contributed by atoms with Gasteiger partial charge in [-0.1, -0.05) is 23.8 Å². The molecule has 1 aliphatic rings. The number of nitrogens with one attached hydrogen (secondary N) is 3. The summed E-state index contributed by atoms with van der Waals surface area (Å²) >= 11 is 6.18. The fourth-order valence-corrected chi connectivity index (χ4v) is 4.27. The van der Waals surface area contributed by atoms with Crippen molar-refractivity contribution in [1.82, 2.24) is 35.5 Å². The third kappa shape index (κ3) is 5.79. The molecule has 0 spiro atoms. The second-order valence-electron chi connectivity index (χ2n) is 8.63. The van der Waals surface area contributed by atoms with Gasteiger partial charge in [0.1, 0.15) is 12.2 Å². The number of H-pyrrole nitrogens is 1. The number of nitrogens with two attached hydrogens (primary N) is 1. The number of nitrogens with zero attached hydrogens (tertiary/aromatic N) is 5. The molecule has 0 radical (unpaired) electrons. The average molecular weight is 530 g/mol. The Morgan fingerprint density at radius 3 is 2.95 bits per heavy atom. The Kier molecular flexibility index (Phi) is 7.27. The quantitative estimate of drug-likeness (QED) is 0.178. The minimum atomic E-state index is -0.433. The molecule has 0 saturated carbocycles. The van der Waals surface area contributed by atoms with E-state index in [2.05, 4.69) is 36.1 Å². The van der Waals surface area contributed by atoms with Crippen LogP contribution in [-0.4, -0.2) is 42.0 Å². The molecule has 1 atom stereocenters. The fourth-order valence-electron chi connectivity index (χ4n) is 4.09. The fraction of sp³-hybridized carbons (Fsp3) is 0.154. The summed E-state index contributed by atoms with van der Waals surface area (Å²) in [5, 5.41) is 17.7. The minimum absolute atomic E-state index is 0.113. The van der Waals surface area contributed by atoms with Crippen molar-refractivity contribution < 1.29 is 9.59 Å². The lowest BCUT2D eigenvalue weighted by Gasteiger charge is -2.14. The highest BCUT2D eigenvalue weighted by atomic mass is 35.5. The Morgan fingerprint density at radius 1 is 1.21 bits per heavy atom. The largest absolute Gasteiger partial charge is 0.399 e. The molecule has 2 aromatic heterocycles. The van der Waals surface area contributed by atoms with Crippen molar-refractivity contribution in [2.24, 2.45) is 0 Å². The molecule has 11 nitrogen and oxygen atoms in total. The summed E-state index contributed by atoms with van der Waals surface area (Å²) in [6.07, 6.45) is 11.4. The van der Waals surface area contributed by atoms with Gasteiger partial charge >= 0.3 is 0 Å². The van der Waals surface area contributed by atoms with Gasteiger partial charge in [0.25, 0.3) is 0 Å². The third-order valence-electron chi connectivity index (χ3n) is 5.93. The molecule has 0 aliphatic carbocycles. The number of hydrogen-bond donors (Lipinski definition) is 4. The smallest absolute Gasteiger partial charge is 0.244 e. The molecule has 38 heavy (non-hydrogen) atoms. The maximum Gasteiger partial charge on any atom is 0.244 e. The van der Waals surface area contributed by atoms with E-state index in [9.17, 15) is 9.59 Å². The van der Waals surface area contributed by atoms with Gasteiger partial charge in [-0.05, 0) is 65.7 Å². The highest BCUT2D eigenvalue weighted by Gasteiger charge is 2.19. The lowest BCUT2D eigenvalue weighted by molar-refractivity contribution is -0.117. The molecule has 192 valence electrons. The number of fused-ring (bicyclic) bond motifs is 4. The van der Waals surface area contributed by atoms with E-state index < -0.39 is 6.04 Å². The molecule has 4 aromatic rings. The number of carbonyl (C=O) groups is 2. The Morgan fingerprint density at radius 2 is 2.11 bits per heavy atom. The van der Waals surface area contributed by atoms with Crippen LogP contribution in [0.1, 0.15) is 36.7 Å². The molecule has 0 unspecified atom stereocenters. The van der Waals surface area contributed by atoms with E-state index in [4.69, 9.17) is 17.3 Å². The third-order valence-corrected chi connectivity index (χ3v) is 6.16. The van der Waals surface area contributed by atoms with Crippen LogP contribution in [0.25, 0.3) is 23.0 Å². The zero-order chi connectivity index (χ0) is 26.5. The summed E-state index contributed by atoms with van der Waals surface area (Å²) in [7, 11) is 0. The number of hydrogen-bond acceptors (Lipinski definition) is 7. The number of carbonyl (C=O) groups excluding carboxylic acids is 2. The van der Waals surface area contributed by atoms with Crippen LogP contribution in [0.15, 0.2) is 67.2 Å². The second-order valence-corrected chi connectivity index (χ2v) is 9.07. The minimum Gasteiger partial charge on any atom is -0.399 e. The van der Waals surface area contributed by atoms with Gasteiger partial charge in [-0.2, -0.15) is 4.68 Å². The van der Waals surface area contributed by atoms with E-state index in [-0.39, 0.29) is 11.8 Å². The average Bonchev–Trinajstić information content (AvgIpc) is 3.59. The standard InChI is InChI=1S/C26H24ClN9O2/c27-17-7-10-23(36-15-30-34-35-36)16(12-17)6-11-25(38)31-20-4-2-1-3-5-24(37)32-21-13-18(28)8-9-19(21)22-14-29-26(20)33-22/h1-2,6-15,20H,3-5,28H2,(H,29,33)(H,31,38)(H,32,37)/t20-/m0/s1. The molecule has 1 aliphatic heterocycles. The van der Waals surface area contributed by atoms with Crippen molar-refractivity contribution in [1.29, 1.82) is 0 Å². The van der Waals surface area contributed by atoms with Crippen LogP contribution in [0, 0.1) is 0 Å². The maximum absolute atomic E-state index is 13.0. The van der Waals surface area contributed by atoms with Crippen molar-refractivity contribution in [2.45, 2.75) is 25.3 Å². The van der Waals surface area contributed by atoms with Crippen molar-refractivity contribution in [3.05, 3.63) is 83.6 Å². The van der Waals surface area contributed by atoms with Gasteiger partial charge in [-0.25, -0.2) is 4.98 Å². The van der Waals surface area contributed by atoms with E-state index in [1.54, 1.807) is 42.6 Å². The number of anilines is 2. The molecular weight excluding hydrogens is 506 g/mol. The Hall–Kier alpha value is -4.77. The van der Waals surface area contributed by atoms with Crippen LogP contribution in [0.3, 0.4) is 0 Å². The van der Waals surface area contributed by atoms with Crippen LogP contribution in [0.2, 0.25) is 5.02 Å². The van der Waals surface area contributed by atoms with E-state index >= 15 is 0 Å². The number of aromatic nitrogens is 6. The van der Waals surface area contributed by atoms with E-state index in [1.165, 1.54) is 17.1 Å². The van der Waals surface area contributed by atoms with Gasteiger partial charge in [0.05, 0.1) is 29.3 Å². The number of imidazole rings is 1. The lowest BCUT2D eigenvalue weighted by Crippen LogP contribution is -2.27. The summed E-state index contributed by atoms with van der Waals surface area (Å²) < 4.78 is 1.49. The van der Waals surface area contributed by atoms with E-state index in [0.717, 1.165) is 5.56 Å². The first-order valence-corrected chi connectivity index (χ1v) is 12.3. The summed E-state index contributed by atoms with van der Waals surface area (Å²) in [6.45, 7) is 0. The topological polar surface area (TPSA) is 156 Å². The molecule has 2 amide bonds. The van der Waals surface area contributed by atoms with Crippen LogP contribution >= 0.6 is 11.6 Å². The summed E-state index contributed by atoms with van der Waals surface area (Å²) in [5.41, 5.74) is 9.87. The van der Waals surface area contributed by atoms with Gasteiger partial charge in [0, 0.05) is 34.3 Å². The molecule has 5 N–H and O–H groups in total. The maximum atomic E-state index is 13.0. The first kappa shape index (κ1) is 24.9. The van der Waals surface area contributed by atoms with E-state index in [1.807, 2.05) is 18.2 Å². The lowest BCUT2D eigenvalue weighted by atomic mass is 10.1. The SMILES string of the molecule is Nc1ccc2c(c1)NC(=O)CCC=CC[C@H](NC(=O)C=Cc1cc(Cl)ccc1-n1cnnn1)c1ncc-2[nH]1. The van der Waals surface area contributed by atoms with Crippen molar-refractivity contribution in [3.8, 4) is 16.9 Å². The zero-order valence-electron chi connectivity index (χ0n) is 20.1. The van der Waals surface area contributed by atoms with Crippen molar-refractivity contribution >= 4 is 40.9 Å². The molecule has 12 heteroatoms. The van der Waals surface area contributed by atoms with Gasteiger partial charge in [-0.3, -0.25) is 9.59 Å². The molecule has 2 bridgehead atoms. The Labute approximate surface area is 222 Å². The number of halogens is 1. The normalized spacial score (nSPS) is 15.7. The molecule has 0 fully saturated rings. The Balaban J connectivity index is 1.40. The first-order valence-electron chi connectivity index (χ1n) is 11.9. The van der Waals surface area contributed by atoms with Crippen LogP contribution < -0.4 is 16.4 Å². The number of benzene rings is 2. The summed E-state index contributed by atoms with van der Waals surface area (Å²) in [6, 6.07) is 10.1. The molecular formula is C26H24ClN9O2. The highest BCUT2D eigenvalue weighted by Crippen LogP contribution is 2.30. The summed E-state index contributed by atoms with van der Waals surface area (Å²) in [4.78, 5) is 33.2. The number of allylic oxidation sites excluding steroid dienone is 1. The molecule has 5 rings (SSSR count). The summed E-state index contributed by atoms with van der Waals surface area (Å²) in [5.74, 6) is 0.146. The second kappa shape index (κ2) is 11.1. The predicted octanol–water partition coefficient (Wildman–Crippen LogP) is 3.84. The highest BCUT2D eigenvalue weighted by molar-refractivity contribution is 6.30. The van der Waals surface area contributed by atoms with Gasteiger partial charge < -0.3 is 21.4 Å². The number of tetrazole rings is 1. The van der Waals surface area contributed by atoms with Crippen LogP contribution in [0.4, 0.5) is 11.4 Å². The van der Waals surface area contributed by atoms with E-state index in [0.29, 0.717) is 58.4 Å². The number of aromatic amines is 1. The molecule has 0 saturated heterocycles. The molecule has 2 aromatic carbocycles. The van der Waals surface area contributed by atoms with Gasteiger partial charge in [0.15, 0.2) is 0 Å². The molecule has 3 heterocycles. The number of nitrogen functional groups attached to an aromatic ring is 1. The van der Waals surface area contributed by atoms with Crippen molar-refractivity contribution in [3.63, 3.8) is 0 Å². The first-order chi connectivity index (χ1) is 18.5. The number of rotatable bonds is 4. The predicted molar refractivity (Wildman–Crippen MR) is 144 cm³/mol. The zero-order valence-corrected chi connectivity index (χ0v) is 20.9. The van der Waals surface area contributed by atoms with Crippen LogP contribution in [-0.2, 0) is 9.59 Å². The van der Waals surface area contributed by atoms with Crippen molar-refractivity contribution in [2.75, 3.05) is 11.1 Å². The Bertz CT molecular complexity index is 1530. The monoisotopic (exact) mass is 529 g/mol. The van der Waals surface area contributed by atoms with Crippen LogP contribution in [0.5, 0.6) is 0 Å². The number of amides is 2. The van der Waals surface area contributed by atoms with Gasteiger partial charge in [-0.15, -0.1) is 5.10 Å². The van der Waals surface area contributed by atoms with Gasteiger partial charge in [0.2, 0.25) is 11.8 Å².